The molecule has 9 nitrogen and oxygen atoms in total. The van der Waals surface area contributed by atoms with Gasteiger partial charge in [0.05, 0.1) is 12.6 Å². The van der Waals surface area contributed by atoms with E-state index in [-0.39, 0.29) is 30.5 Å². The second-order valence-electron chi connectivity index (χ2n) is 5.78. The number of piperidine rings is 1. The fourth-order valence-corrected chi connectivity index (χ4v) is 2.74. The lowest BCUT2D eigenvalue weighted by atomic mass is 9.97. The Morgan fingerprint density at radius 3 is 3.04 bits per heavy atom. The van der Waals surface area contributed by atoms with Crippen molar-refractivity contribution in [3.8, 4) is 0 Å². The number of carbonyl (C=O) groups is 2. The lowest BCUT2D eigenvalue weighted by Gasteiger charge is -2.18. The highest BCUT2D eigenvalue weighted by Crippen LogP contribution is 2.22. The lowest BCUT2D eigenvalue weighted by Crippen LogP contribution is -2.39. The molecule has 0 saturated carbocycles. The summed E-state index contributed by atoms with van der Waals surface area (Å²) in [6.45, 7) is 2.04. The first-order chi connectivity index (χ1) is 11.2. The number of amides is 3. The van der Waals surface area contributed by atoms with Gasteiger partial charge in [-0.1, -0.05) is 5.16 Å². The van der Waals surface area contributed by atoms with Gasteiger partial charge >= 0.3 is 6.03 Å². The predicted molar refractivity (Wildman–Crippen MR) is 78.5 cm³/mol. The minimum atomic E-state index is -0.294. The minimum absolute atomic E-state index is 0.000709. The molecule has 3 N–H and O–H groups in total. The van der Waals surface area contributed by atoms with Crippen LogP contribution in [0.15, 0.2) is 4.52 Å². The van der Waals surface area contributed by atoms with Crippen molar-refractivity contribution in [1.82, 2.24) is 26.1 Å². The van der Waals surface area contributed by atoms with E-state index < -0.39 is 0 Å². The Bertz CT molecular complexity index is 555. The monoisotopic (exact) mass is 323 g/mol. The van der Waals surface area contributed by atoms with E-state index >= 15 is 0 Å². The minimum Gasteiger partial charge on any atom is -0.376 e. The van der Waals surface area contributed by atoms with Crippen molar-refractivity contribution in [1.29, 1.82) is 0 Å². The van der Waals surface area contributed by atoms with Crippen molar-refractivity contribution >= 4 is 11.9 Å². The molecule has 0 spiro atoms. The quantitative estimate of drug-likeness (QED) is 0.704. The molecule has 2 aliphatic rings. The normalized spacial score (nSPS) is 24.3. The summed E-state index contributed by atoms with van der Waals surface area (Å²) in [5, 5.41) is 12.1. The van der Waals surface area contributed by atoms with Gasteiger partial charge in [0.15, 0.2) is 5.82 Å². The van der Waals surface area contributed by atoms with Gasteiger partial charge in [0.25, 0.3) is 0 Å². The van der Waals surface area contributed by atoms with Gasteiger partial charge in [-0.15, -0.1) is 0 Å². The molecular weight excluding hydrogens is 302 g/mol. The molecule has 2 aliphatic heterocycles. The Kier molecular flexibility index (Phi) is 5.06. The fraction of sp³-hybridized carbons (Fsp3) is 0.714. The molecule has 9 heteroatoms. The van der Waals surface area contributed by atoms with E-state index in [4.69, 9.17) is 9.26 Å². The molecule has 3 amide bonds. The third-order valence-corrected chi connectivity index (χ3v) is 4.01. The molecule has 0 bridgehead atoms. The SMILES string of the molecule is O=C1CC(c2noc(CNC(=O)NCC3CCCO3)n2)CCN1. The molecule has 0 aromatic carbocycles. The molecular formula is C14H21N5O4. The Hall–Kier alpha value is -2.16. The van der Waals surface area contributed by atoms with Gasteiger partial charge in [-0.25, -0.2) is 4.79 Å². The van der Waals surface area contributed by atoms with Crippen LogP contribution in [0, 0.1) is 0 Å². The maximum absolute atomic E-state index is 11.7. The molecule has 2 saturated heterocycles. The van der Waals surface area contributed by atoms with Crippen LogP contribution >= 0.6 is 0 Å². The lowest BCUT2D eigenvalue weighted by molar-refractivity contribution is -0.122. The van der Waals surface area contributed by atoms with Crippen molar-refractivity contribution in [3.05, 3.63) is 11.7 Å². The Morgan fingerprint density at radius 1 is 1.35 bits per heavy atom. The number of carbonyl (C=O) groups excluding carboxylic acids is 2. The van der Waals surface area contributed by atoms with Crippen LogP contribution < -0.4 is 16.0 Å². The fourth-order valence-electron chi connectivity index (χ4n) is 2.74. The molecule has 2 unspecified atom stereocenters. The summed E-state index contributed by atoms with van der Waals surface area (Å²) in [5.74, 6) is 0.837. The van der Waals surface area contributed by atoms with E-state index in [1.807, 2.05) is 0 Å². The van der Waals surface area contributed by atoms with Crippen LogP contribution in [0.5, 0.6) is 0 Å². The van der Waals surface area contributed by atoms with Crippen LogP contribution in [0.1, 0.15) is 43.3 Å². The summed E-state index contributed by atoms with van der Waals surface area (Å²) in [6.07, 6.45) is 3.28. The number of nitrogens with one attached hydrogen (secondary N) is 3. The zero-order valence-electron chi connectivity index (χ0n) is 12.8. The van der Waals surface area contributed by atoms with E-state index in [0.29, 0.717) is 31.2 Å². The first-order valence-electron chi connectivity index (χ1n) is 7.93. The average Bonchev–Trinajstić information content (AvgIpc) is 3.22. The summed E-state index contributed by atoms with van der Waals surface area (Å²) in [7, 11) is 0. The predicted octanol–water partition coefficient (Wildman–Crippen LogP) is 0.0414. The molecule has 3 heterocycles. The molecule has 2 fully saturated rings. The van der Waals surface area contributed by atoms with Gasteiger partial charge in [-0.05, 0) is 19.3 Å². The highest BCUT2D eigenvalue weighted by atomic mass is 16.5. The zero-order chi connectivity index (χ0) is 16.1. The number of hydrogen-bond acceptors (Lipinski definition) is 6. The van der Waals surface area contributed by atoms with Crippen LogP contribution in [0.4, 0.5) is 4.79 Å². The van der Waals surface area contributed by atoms with Crippen LogP contribution in [-0.2, 0) is 16.1 Å². The average molecular weight is 323 g/mol. The second-order valence-corrected chi connectivity index (χ2v) is 5.78. The van der Waals surface area contributed by atoms with Crippen molar-refractivity contribution in [2.75, 3.05) is 19.7 Å². The van der Waals surface area contributed by atoms with Gasteiger partial charge in [0, 0.05) is 32.0 Å². The van der Waals surface area contributed by atoms with E-state index in [1.54, 1.807) is 0 Å². The molecule has 3 rings (SSSR count). The first-order valence-corrected chi connectivity index (χ1v) is 7.93. The maximum atomic E-state index is 11.7. The number of rotatable bonds is 5. The number of hydrogen-bond donors (Lipinski definition) is 3. The maximum Gasteiger partial charge on any atom is 0.315 e. The summed E-state index contributed by atoms with van der Waals surface area (Å²) in [6, 6.07) is -0.294. The number of nitrogens with zero attached hydrogens (tertiary/aromatic N) is 2. The summed E-state index contributed by atoms with van der Waals surface area (Å²) < 4.78 is 10.6. The largest absolute Gasteiger partial charge is 0.376 e. The van der Waals surface area contributed by atoms with Gasteiger partial charge in [-0.2, -0.15) is 4.98 Å². The van der Waals surface area contributed by atoms with E-state index in [0.717, 1.165) is 25.9 Å². The second kappa shape index (κ2) is 7.40. The molecule has 1 aromatic rings. The highest BCUT2D eigenvalue weighted by molar-refractivity contribution is 5.77. The topological polar surface area (TPSA) is 118 Å². The standard InChI is InChI=1S/C14H21N5O4/c20-11-6-9(3-4-15-11)13-18-12(23-19-13)8-17-14(21)16-7-10-2-1-5-22-10/h9-10H,1-8H2,(H,15,20)(H2,16,17,21). The van der Waals surface area contributed by atoms with Gasteiger partial charge < -0.3 is 25.2 Å². The van der Waals surface area contributed by atoms with Crippen LogP contribution in [0.2, 0.25) is 0 Å². The highest BCUT2D eigenvalue weighted by Gasteiger charge is 2.25. The van der Waals surface area contributed by atoms with Gasteiger partial charge in [-0.3, -0.25) is 4.79 Å². The number of aromatic nitrogens is 2. The molecule has 2 atom stereocenters. The van der Waals surface area contributed by atoms with Crippen molar-refractivity contribution in [2.45, 2.75) is 44.2 Å². The molecule has 0 radical (unpaired) electrons. The molecule has 126 valence electrons. The zero-order valence-corrected chi connectivity index (χ0v) is 12.8. The Morgan fingerprint density at radius 2 is 2.26 bits per heavy atom. The number of ether oxygens (including phenoxy) is 1. The van der Waals surface area contributed by atoms with Crippen LogP contribution in [-0.4, -0.2) is 47.9 Å². The summed E-state index contributed by atoms with van der Waals surface area (Å²) >= 11 is 0. The van der Waals surface area contributed by atoms with E-state index in [2.05, 4.69) is 26.1 Å². The van der Waals surface area contributed by atoms with Gasteiger partial charge in [0.1, 0.15) is 0 Å². The van der Waals surface area contributed by atoms with Crippen LogP contribution in [0.3, 0.4) is 0 Å². The third kappa shape index (κ3) is 4.41. The number of urea groups is 1. The smallest absolute Gasteiger partial charge is 0.315 e. The summed E-state index contributed by atoms with van der Waals surface area (Å²) in [4.78, 5) is 27.3. The molecule has 0 aliphatic carbocycles. The van der Waals surface area contributed by atoms with Crippen molar-refractivity contribution in [2.24, 2.45) is 0 Å². The first kappa shape index (κ1) is 15.7. The Balaban J connectivity index is 1.41. The van der Waals surface area contributed by atoms with Crippen molar-refractivity contribution < 1.29 is 18.8 Å². The summed E-state index contributed by atoms with van der Waals surface area (Å²) in [5.41, 5.74) is 0. The molecule has 1 aromatic heterocycles. The van der Waals surface area contributed by atoms with E-state index in [1.165, 1.54) is 0 Å². The van der Waals surface area contributed by atoms with Gasteiger partial charge in [0.2, 0.25) is 11.8 Å². The van der Waals surface area contributed by atoms with Crippen LogP contribution in [0.25, 0.3) is 0 Å². The van der Waals surface area contributed by atoms with E-state index in [9.17, 15) is 9.59 Å². The molecule has 23 heavy (non-hydrogen) atoms. The van der Waals surface area contributed by atoms with Crippen molar-refractivity contribution in [3.63, 3.8) is 0 Å². The third-order valence-electron chi connectivity index (χ3n) is 4.01. The Labute approximate surface area is 133 Å².